The first-order valence-electron chi connectivity index (χ1n) is 12.7. The van der Waals surface area contributed by atoms with Gasteiger partial charge in [-0.3, -0.25) is 19.1 Å². The van der Waals surface area contributed by atoms with Gasteiger partial charge in [-0.15, -0.1) is 10.2 Å². The highest BCUT2D eigenvalue weighted by Gasteiger charge is 2.22. The topological polar surface area (TPSA) is 108 Å². The normalized spacial score (nSPS) is 11.7. The maximum absolute atomic E-state index is 11.5. The quantitative estimate of drug-likeness (QED) is 0.308. The van der Waals surface area contributed by atoms with E-state index in [1.807, 2.05) is 67.8 Å². The Balaban J connectivity index is 0.000000599. The van der Waals surface area contributed by atoms with Gasteiger partial charge in [0.2, 0.25) is 5.91 Å². The van der Waals surface area contributed by atoms with Crippen molar-refractivity contribution in [2.75, 3.05) is 19.8 Å². The molecule has 10 heteroatoms. The molecule has 0 aliphatic carbocycles. The van der Waals surface area contributed by atoms with Crippen molar-refractivity contribution in [3.8, 4) is 11.4 Å². The zero-order chi connectivity index (χ0) is 27.5. The second kappa shape index (κ2) is 14.3. The van der Waals surface area contributed by atoms with Crippen LogP contribution < -0.4 is 10.1 Å². The molecule has 1 amide bonds. The summed E-state index contributed by atoms with van der Waals surface area (Å²) in [4.78, 5) is 26.3. The molecule has 2 aromatic carbocycles. The summed E-state index contributed by atoms with van der Waals surface area (Å²) in [5.41, 5.74) is 3.73. The van der Waals surface area contributed by atoms with Crippen LogP contribution in [-0.2, 0) is 20.9 Å². The van der Waals surface area contributed by atoms with Crippen LogP contribution in [0.5, 0.6) is 5.75 Å². The van der Waals surface area contributed by atoms with E-state index in [2.05, 4.69) is 15.5 Å². The Morgan fingerprint density at radius 2 is 1.84 bits per heavy atom. The summed E-state index contributed by atoms with van der Waals surface area (Å²) in [6, 6.07) is 13.6. The highest BCUT2D eigenvalue weighted by Crippen LogP contribution is 2.29. The predicted octanol–water partition coefficient (Wildman–Crippen LogP) is 4.83. The number of nitrogens with one attached hydrogen (secondary N) is 1. The molecule has 38 heavy (non-hydrogen) atoms. The number of carbonyl (C=O) groups is 2. The number of hydrogen-bond acceptors (Lipinski definition) is 7. The van der Waals surface area contributed by atoms with Crippen molar-refractivity contribution in [2.24, 2.45) is 4.99 Å². The molecule has 202 valence electrons. The summed E-state index contributed by atoms with van der Waals surface area (Å²) < 4.78 is 13.0. The number of aromatic nitrogens is 3. The minimum atomic E-state index is -0.165. The van der Waals surface area contributed by atoms with Gasteiger partial charge in [0.05, 0.1) is 24.6 Å². The van der Waals surface area contributed by atoms with Crippen LogP contribution in [0, 0.1) is 6.92 Å². The molecule has 1 aliphatic heterocycles. The maximum Gasteiger partial charge on any atom is 0.305 e. The number of fused-ring (bicyclic) bond motifs is 3. The fourth-order valence-electron chi connectivity index (χ4n) is 3.94. The monoisotopic (exact) mass is 539 g/mol. The van der Waals surface area contributed by atoms with Gasteiger partial charge < -0.3 is 14.8 Å². The van der Waals surface area contributed by atoms with E-state index in [9.17, 15) is 9.59 Å². The molecule has 0 bridgehead atoms. The molecule has 0 saturated carbocycles. The third kappa shape index (κ3) is 7.89. The number of halogens is 1. The number of nitrogens with zero attached hydrogens (tertiary/aromatic N) is 4. The molecule has 0 unspecified atom stereocenters. The van der Waals surface area contributed by atoms with Crippen LogP contribution >= 0.6 is 11.6 Å². The molecule has 9 nitrogen and oxygen atoms in total. The number of ether oxygens (including phenoxy) is 2. The molecule has 3 aromatic rings. The van der Waals surface area contributed by atoms with Gasteiger partial charge in [-0.2, -0.15) is 0 Å². The van der Waals surface area contributed by atoms with E-state index in [0.29, 0.717) is 31.2 Å². The highest BCUT2D eigenvalue weighted by atomic mass is 35.5. The fourth-order valence-corrected chi connectivity index (χ4v) is 4.07. The average molecular weight is 540 g/mol. The van der Waals surface area contributed by atoms with E-state index < -0.39 is 0 Å². The first-order chi connectivity index (χ1) is 18.3. The molecule has 1 aromatic heterocycles. The van der Waals surface area contributed by atoms with E-state index in [0.717, 1.165) is 59.3 Å². The minimum absolute atomic E-state index is 0.0394. The molecule has 0 saturated heterocycles. The SMILES string of the molecule is CCNC(C)=O.CCOC(=O)CCCCOc1ccc2c(c1)C(c1ccc(Cl)cc1)=NCc1nnc(C)n1-2. The van der Waals surface area contributed by atoms with Gasteiger partial charge in [-0.25, -0.2) is 0 Å². The standard InChI is InChI=1S/C24H25ClN4O3.C4H9NO/c1-3-31-23(30)6-4-5-13-32-19-11-12-21-20(14-19)24(17-7-9-18(25)10-8-17)26-15-22-28-27-16(2)29(21)22;1-3-5-4(2)6/h7-12,14H,3-6,13,15H2,1-2H3;3H2,1-2H3,(H,5,6). The lowest BCUT2D eigenvalue weighted by Crippen LogP contribution is -2.18. The number of aliphatic imine (C=N–C) groups is 1. The second-order valence-electron chi connectivity index (χ2n) is 8.55. The van der Waals surface area contributed by atoms with Crippen LogP contribution in [0.15, 0.2) is 47.5 Å². The number of esters is 1. The largest absolute Gasteiger partial charge is 0.494 e. The van der Waals surface area contributed by atoms with E-state index in [1.54, 1.807) is 0 Å². The van der Waals surface area contributed by atoms with Crippen molar-refractivity contribution in [3.63, 3.8) is 0 Å². The number of hydrogen-bond donors (Lipinski definition) is 1. The molecule has 0 fully saturated rings. The second-order valence-corrected chi connectivity index (χ2v) is 8.98. The van der Waals surface area contributed by atoms with Crippen LogP contribution in [-0.4, -0.2) is 52.1 Å². The van der Waals surface area contributed by atoms with Gasteiger partial charge in [-0.1, -0.05) is 23.7 Å². The summed E-state index contributed by atoms with van der Waals surface area (Å²) in [5, 5.41) is 11.8. The molecule has 4 rings (SSSR count). The number of aryl methyl sites for hydroxylation is 1. The lowest BCUT2D eigenvalue weighted by molar-refractivity contribution is -0.143. The Bertz CT molecular complexity index is 1270. The number of carbonyl (C=O) groups excluding carboxylic acids is 2. The number of benzene rings is 2. The van der Waals surface area contributed by atoms with E-state index in [-0.39, 0.29) is 11.9 Å². The molecular formula is C28H34ClN5O4. The third-order valence-electron chi connectivity index (χ3n) is 5.63. The molecule has 2 heterocycles. The first-order valence-corrected chi connectivity index (χ1v) is 13.1. The molecule has 0 atom stereocenters. The van der Waals surface area contributed by atoms with Gasteiger partial charge in [0.25, 0.3) is 0 Å². The van der Waals surface area contributed by atoms with Crippen LogP contribution in [0.2, 0.25) is 5.02 Å². The van der Waals surface area contributed by atoms with Gasteiger partial charge in [0.1, 0.15) is 18.1 Å². The lowest BCUT2D eigenvalue weighted by Gasteiger charge is -2.15. The number of unbranched alkanes of at least 4 members (excludes halogenated alkanes) is 1. The summed E-state index contributed by atoms with van der Waals surface area (Å²) in [6.45, 7) is 9.22. The van der Waals surface area contributed by atoms with Crippen LogP contribution in [0.1, 0.15) is 62.8 Å². The maximum atomic E-state index is 11.5. The minimum Gasteiger partial charge on any atom is -0.494 e. The van der Waals surface area contributed by atoms with Gasteiger partial charge in [-0.05, 0) is 63.9 Å². The van der Waals surface area contributed by atoms with E-state index >= 15 is 0 Å². The highest BCUT2D eigenvalue weighted by molar-refractivity contribution is 6.30. The average Bonchev–Trinajstić information content (AvgIpc) is 3.16. The Morgan fingerprint density at radius 3 is 2.50 bits per heavy atom. The lowest BCUT2D eigenvalue weighted by atomic mass is 10.00. The van der Waals surface area contributed by atoms with E-state index in [1.165, 1.54) is 6.92 Å². The van der Waals surface area contributed by atoms with Crippen molar-refractivity contribution in [2.45, 2.75) is 53.5 Å². The number of amides is 1. The molecular weight excluding hydrogens is 506 g/mol. The van der Waals surface area contributed by atoms with Gasteiger partial charge in [0.15, 0.2) is 5.82 Å². The molecule has 1 N–H and O–H groups in total. The zero-order valence-electron chi connectivity index (χ0n) is 22.3. The summed E-state index contributed by atoms with van der Waals surface area (Å²) in [5.74, 6) is 2.22. The van der Waals surface area contributed by atoms with Crippen LogP contribution in [0.25, 0.3) is 5.69 Å². The van der Waals surface area contributed by atoms with Crippen molar-refractivity contribution >= 4 is 29.2 Å². The van der Waals surface area contributed by atoms with Crippen molar-refractivity contribution in [1.29, 1.82) is 0 Å². The summed E-state index contributed by atoms with van der Waals surface area (Å²) in [7, 11) is 0. The van der Waals surface area contributed by atoms with Crippen LogP contribution in [0.3, 0.4) is 0 Å². The first kappa shape index (κ1) is 28.8. The van der Waals surface area contributed by atoms with Crippen LogP contribution in [0.4, 0.5) is 0 Å². The molecule has 0 spiro atoms. The Kier molecular flexibility index (Phi) is 10.8. The Labute approximate surface area is 228 Å². The Hall–Kier alpha value is -3.72. The van der Waals surface area contributed by atoms with Crippen molar-refractivity contribution in [1.82, 2.24) is 20.1 Å². The van der Waals surface area contributed by atoms with Gasteiger partial charge in [0, 0.05) is 36.0 Å². The zero-order valence-corrected chi connectivity index (χ0v) is 23.0. The van der Waals surface area contributed by atoms with Crippen molar-refractivity contribution < 1.29 is 19.1 Å². The third-order valence-corrected chi connectivity index (χ3v) is 5.88. The Morgan fingerprint density at radius 1 is 1.08 bits per heavy atom. The number of rotatable bonds is 9. The fraction of sp³-hybridized carbons (Fsp3) is 0.393. The van der Waals surface area contributed by atoms with Crippen molar-refractivity contribution in [3.05, 3.63) is 70.3 Å². The molecule has 1 aliphatic rings. The molecule has 0 radical (unpaired) electrons. The summed E-state index contributed by atoms with van der Waals surface area (Å²) in [6.07, 6.45) is 1.90. The van der Waals surface area contributed by atoms with Gasteiger partial charge >= 0.3 is 5.97 Å². The summed E-state index contributed by atoms with van der Waals surface area (Å²) >= 11 is 6.09. The smallest absolute Gasteiger partial charge is 0.305 e. The predicted molar refractivity (Wildman–Crippen MR) is 147 cm³/mol. The van der Waals surface area contributed by atoms with E-state index in [4.69, 9.17) is 26.1 Å².